The standard InChI is InChI=1S/C11H20N6S/c1-11(2,9-12)5-4-8-18-10-14-15-16-17(10)7-6-13-3/h13H,4-8H2,1-3H3. The zero-order chi connectivity index (χ0) is 13.4. The van der Waals surface area contributed by atoms with E-state index in [0.717, 1.165) is 36.8 Å². The van der Waals surface area contributed by atoms with Crippen molar-refractivity contribution in [1.29, 1.82) is 5.26 Å². The number of hydrogen-bond acceptors (Lipinski definition) is 6. The molecule has 0 aromatic carbocycles. The highest BCUT2D eigenvalue weighted by molar-refractivity contribution is 7.99. The fraction of sp³-hybridized carbons (Fsp3) is 0.818. The van der Waals surface area contributed by atoms with Gasteiger partial charge in [0.1, 0.15) is 0 Å². The maximum atomic E-state index is 8.92. The van der Waals surface area contributed by atoms with Gasteiger partial charge in [-0.25, -0.2) is 4.68 Å². The molecule has 1 N–H and O–H groups in total. The van der Waals surface area contributed by atoms with Gasteiger partial charge in [-0.2, -0.15) is 5.26 Å². The maximum Gasteiger partial charge on any atom is 0.209 e. The van der Waals surface area contributed by atoms with Gasteiger partial charge in [0.25, 0.3) is 0 Å². The Morgan fingerprint density at radius 3 is 2.94 bits per heavy atom. The third-order valence-corrected chi connectivity index (χ3v) is 3.60. The fourth-order valence-corrected chi connectivity index (χ4v) is 2.23. The molecule has 0 radical (unpaired) electrons. The van der Waals surface area contributed by atoms with Crippen molar-refractivity contribution in [1.82, 2.24) is 25.5 Å². The van der Waals surface area contributed by atoms with E-state index in [1.807, 2.05) is 20.9 Å². The van der Waals surface area contributed by atoms with E-state index in [1.165, 1.54) is 0 Å². The molecular formula is C11H20N6S. The van der Waals surface area contributed by atoms with Crippen LogP contribution in [0.2, 0.25) is 0 Å². The lowest BCUT2D eigenvalue weighted by Gasteiger charge is -2.13. The minimum Gasteiger partial charge on any atom is -0.318 e. The second-order valence-electron chi connectivity index (χ2n) is 4.74. The zero-order valence-electron chi connectivity index (χ0n) is 11.2. The molecule has 0 aliphatic rings. The molecule has 0 bridgehead atoms. The van der Waals surface area contributed by atoms with Gasteiger partial charge in [-0.05, 0) is 44.2 Å². The number of aromatic nitrogens is 4. The van der Waals surface area contributed by atoms with Gasteiger partial charge in [-0.15, -0.1) is 5.10 Å². The third kappa shape index (κ3) is 5.02. The molecule has 1 heterocycles. The van der Waals surface area contributed by atoms with E-state index in [-0.39, 0.29) is 5.41 Å². The predicted molar refractivity (Wildman–Crippen MR) is 71.1 cm³/mol. The molecule has 7 heteroatoms. The summed E-state index contributed by atoms with van der Waals surface area (Å²) < 4.78 is 1.80. The Morgan fingerprint density at radius 2 is 2.28 bits per heavy atom. The number of tetrazole rings is 1. The van der Waals surface area contributed by atoms with Gasteiger partial charge in [0.15, 0.2) is 0 Å². The van der Waals surface area contributed by atoms with Gasteiger partial charge in [0, 0.05) is 12.3 Å². The summed E-state index contributed by atoms with van der Waals surface area (Å²) in [5.74, 6) is 0.936. The summed E-state index contributed by atoms with van der Waals surface area (Å²) in [6.45, 7) is 5.55. The lowest BCUT2D eigenvalue weighted by atomic mass is 9.90. The summed E-state index contributed by atoms with van der Waals surface area (Å²) in [5, 5.41) is 24.4. The number of nitrogens with zero attached hydrogens (tertiary/aromatic N) is 5. The Balaban J connectivity index is 2.31. The summed E-state index contributed by atoms with van der Waals surface area (Å²) in [5.41, 5.74) is -0.237. The molecule has 1 aromatic heterocycles. The van der Waals surface area contributed by atoms with E-state index >= 15 is 0 Å². The number of nitriles is 1. The SMILES string of the molecule is CNCCn1nnnc1SCCCC(C)(C)C#N. The van der Waals surface area contributed by atoms with E-state index in [0.29, 0.717) is 0 Å². The summed E-state index contributed by atoms with van der Waals surface area (Å²) in [7, 11) is 1.90. The highest BCUT2D eigenvalue weighted by Gasteiger charge is 2.16. The Bertz CT molecular complexity index is 394. The van der Waals surface area contributed by atoms with Crippen molar-refractivity contribution in [2.75, 3.05) is 19.3 Å². The average Bonchev–Trinajstić information content (AvgIpc) is 2.79. The number of likely N-dealkylation sites (N-methyl/N-ethyl adjacent to an activating group) is 1. The van der Waals surface area contributed by atoms with Crippen LogP contribution in [0.1, 0.15) is 26.7 Å². The lowest BCUT2D eigenvalue weighted by molar-refractivity contribution is 0.447. The fourth-order valence-electron chi connectivity index (χ4n) is 1.39. The summed E-state index contributed by atoms with van der Waals surface area (Å²) >= 11 is 1.64. The molecule has 0 atom stereocenters. The van der Waals surface area contributed by atoms with Gasteiger partial charge in [0.05, 0.1) is 18.0 Å². The molecule has 6 nitrogen and oxygen atoms in total. The molecule has 0 amide bonds. The summed E-state index contributed by atoms with van der Waals surface area (Å²) in [4.78, 5) is 0. The molecular weight excluding hydrogens is 248 g/mol. The molecule has 100 valence electrons. The van der Waals surface area contributed by atoms with Crippen molar-refractivity contribution in [3.05, 3.63) is 0 Å². The highest BCUT2D eigenvalue weighted by Crippen LogP contribution is 2.23. The molecule has 0 spiro atoms. The molecule has 0 aliphatic carbocycles. The molecule has 1 aromatic rings. The van der Waals surface area contributed by atoms with Crippen molar-refractivity contribution in [2.45, 2.75) is 38.4 Å². The van der Waals surface area contributed by atoms with E-state index in [2.05, 4.69) is 26.9 Å². The van der Waals surface area contributed by atoms with Crippen LogP contribution in [0.5, 0.6) is 0 Å². The van der Waals surface area contributed by atoms with Crippen LogP contribution in [0.4, 0.5) is 0 Å². The van der Waals surface area contributed by atoms with Gasteiger partial charge in [-0.3, -0.25) is 0 Å². The van der Waals surface area contributed by atoms with Crippen molar-refractivity contribution in [2.24, 2.45) is 5.41 Å². The smallest absolute Gasteiger partial charge is 0.209 e. The van der Waals surface area contributed by atoms with E-state index in [1.54, 1.807) is 16.4 Å². The van der Waals surface area contributed by atoms with E-state index < -0.39 is 0 Å². The van der Waals surface area contributed by atoms with E-state index in [9.17, 15) is 0 Å². The number of rotatable bonds is 8. The van der Waals surface area contributed by atoms with Crippen LogP contribution in [-0.4, -0.2) is 39.6 Å². The Labute approximate surface area is 112 Å². The van der Waals surface area contributed by atoms with Crippen molar-refractivity contribution in [3.63, 3.8) is 0 Å². The van der Waals surface area contributed by atoms with E-state index in [4.69, 9.17) is 5.26 Å². The first-order valence-electron chi connectivity index (χ1n) is 6.04. The Morgan fingerprint density at radius 1 is 1.50 bits per heavy atom. The zero-order valence-corrected chi connectivity index (χ0v) is 12.0. The Kier molecular flexibility index (Phi) is 6.09. The van der Waals surface area contributed by atoms with Crippen LogP contribution in [0.25, 0.3) is 0 Å². The Hall–Kier alpha value is -1.13. The van der Waals surface area contributed by atoms with Gasteiger partial charge >= 0.3 is 0 Å². The maximum absolute atomic E-state index is 8.92. The quantitative estimate of drug-likeness (QED) is 0.566. The number of hydrogen-bond donors (Lipinski definition) is 1. The molecule has 18 heavy (non-hydrogen) atoms. The highest BCUT2D eigenvalue weighted by atomic mass is 32.2. The minimum absolute atomic E-state index is 0.237. The van der Waals surface area contributed by atoms with Crippen LogP contribution < -0.4 is 5.32 Å². The van der Waals surface area contributed by atoms with Gasteiger partial charge < -0.3 is 5.32 Å². The molecule has 0 aliphatic heterocycles. The monoisotopic (exact) mass is 268 g/mol. The van der Waals surface area contributed by atoms with Crippen LogP contribution >= 0.6 is 11.8 Å². The van der Waals surface area contributed by atoms with Gasteiger partial charge in [-0.1, -0.05) is 11.8 Å². The average molecular weight is 268 g/mol. The topological polar surface area (TPSA) is 79.4 Å². The first kappa shape index (κ1) is 14.9. The van der Waals surface area contributed by atoms with Crippen LogP contribution in [0, 0.1) is 16.7 Å². The normalized spacial score (nSPS) is 11.4. The second kappa shape index (κ2) is 7.34. The predicted octanol–water partition coefficient (Wildman–Crippen LogP) is 1.31. The first-order valence-corrected chi connectivity index (χ1v) is 7.02. The largest absolute Gasteiger partial charge is 0.318 e. The van der Waals surface area contributed by atoms with Crippen LogP contribution in [0.3, 0.4) is 0 Å². The lowest BCUT2D eigenvalue weighted by Crippen LogP contribution is -2.16. The van der Waals surface area contributed by atoms with Crippen molar-refractivity contribution >= 4 is 11.8 Å². The second-order valence-corrected chi connectivity index (χ2v) is 5.80. The van der Waals surface area contributed by atoms with Crippen molar-refractivity contribution in [3.8, 4) is 6.07 Å². The molecule has 1 rings (SSSR count). The molecule has 0 fully saturated rings. The van der Waals surface area contributed by atoms with Crippen LogP contribution in [-0.2, 0) is 6.54 Å². The minimum atomic E-state index is -0.237. The number of nitrogens with one attached hydrogen (secondary N) is 1. The van der Waals surface area contributed by atoms with Gasteiger partial charge in [0.2, 0.25) is 5.16 Å². The first-order chi connectivity index (χ1) is 8.59. The molecule has 0 saturated carbocycles. The third-order valence-electron chi connectivity index (χ3n) is 2.55. The van der Waals surface area contributed by atoms with Crippen molar-refractivity contribution < 1.29 is 0 Å². The molecule has 0 unspecified atom stereocenters. The molecule has 0 saturated heterocycles. The summed E-state index contributed by atoms with van der Waals surface area (Å²) in [6, 6.07) is 2.31. The van der Waals surface area contributed by atoms with Crippen LogP contribution in [0.15, 0.2) is 5.16 Å². The number of thioether (sulfide) groups is 1. The summed E-state index contributed by atoms with van der Waals surface area (Å²) in [6.07, 6.45) is 1.89.